The number of hydrogen-bond acceptors (Lipinski definition) is 7. The van der Waals surface area contributed by atoms with Crippen molar-refractivity contribution in [2.75, 3.05) is 31.5 Å². The highest BCUT2D eigenvalue weighted by molar-refractivity contribution is 7.89. The summed E-state index contributed by atoms with van der Waals surface area (Å²) in [6, 6.07) is 11.7. The monoisotopic (exact) mass is 565 g/mol. The molecular weight excluding hydrogens is 539 g/mol. The Morgan fingerprint density at radius 3 is 2.23 bits per heavy atom. The van der Waals surface area contributed by atoms with Crippen LogP contribution in [0.5, 0.6) is 5.75 Å². The maximum Gasteiger partial charge on any atom is 0.416 e. The molecule has 39 heavy (non-hydrogen) atoms. The molecule has 1 aliphatic rings. The first kappa shape index (κ1) is 28.3. The summed E-state index contributed by atoms with van der Waals surface area (Å²) < 4.78 is 76.4. The number of nitrogens with one attached hydrogen (secondary N) is 1. The molecular formula is C26H26F3N3O6S. The Kier molecular flexibility index (Phi) is 8.42. The molecule has 0 radical (unpaired) electrons. The van der Waals surface area contributed by atoms with Crippen LogP contribution in [0.2, 0.25) is 0 Å². The molecule has 2 heterocycles. The number of halogens is 3. The molecule has 1 N–H and O–H groups in total. The summed E-state index contributed by atoms with van der Waals surface area (Å²) >= 11 is 0. The molecule has 208 valence electrons. The minimum Gasteiger partial charge on any atom is -0.482 e. The summed E-state index contributed by atoms with van der Waals surface area (Å²) in [5, 5.41) is 2.59. The van der Waals surface area contributed by atoms with Crippen molar-refractivity contribution in [3.05, 3.63) is 88.0 Å². The van der Waals surface area contributed by atoms with Crippen molar-refractivity contribution in [3.8, 4) is 5.75 Å². The van der Waals surface area contributed by atoms with Crippen molar-refractivity contribution in [3.63, 3.8) is 0 Å². The number of amides is 1. The van der Waals surface area contributed by atoms with E-state index in [-0.39, 0.29) is 42.8 Å². The maximum absolute atomic E-state index is 13.0. The second-order valence-corrected chi connectivity index (χ2v) is 10.9. The van der Waals surface area contributed by atoms with Crippen molar-refractivity contribution < 1.29 is 35.5 Å². The smallest absolute Gasteiger partial charge is 0.416 e. The van der Waals surface area contributed by atoms with Crippen molar-refractivity contribution >= 4 is 21.6 Å². The SMILES string of the molecule is CC(=O)Nc1ccc(S(=O)(=O)N2CCN(Cc3cc(=O)c(OCc4ccc(C(F)(F)F)cc4)co3)CC2)cc1. The van der Waals surface area contributed by atoms with E-state index in [1.807, 2.05) is 4.90 Å². The van der Waals surface area contributed by atoms with Crippen LogP contribution in [0.1, 0.15) is 23.8 Å². The Labute approximate surface area is 222 Å². The Bertz CT molecular complexity index is 1460. The minimum atomic E-state index is -4.43. The average Bonchev–Trinajstić information content (AvgIpc) is 2.88. The van der Waals surface area contributed by atoms with Crippen molar-refractivity contribution in [2.24, 2.45) is 0 Å². The van der Waals surface area contributed by atoms with Gasteiger partial charge in [0.25, 0.3) is 0 Å². The summed E-state index contributed by atoms with van der Waals surface area (Å²) in [5.74, 6) is 0.0451. The fourth-order valence-electron chi connectivity index (χ4n) is 3.99. The van der Waals surface area contributed by atoms with Crippen LogP contribution in [0.25, 0.3) is 0 Å². The molecule has 1 amide bonds. The number of benzene rings is 2. The van der Waals surface area contributed by atoms with E-state index < -0.39 is 27.2 Å². The number of ether oxygens (including phenoxy) is 1. The number of sulfonamides is 1. The lowest BCUT2D eigenvalue weighted by Gasteiger charge is -2.33. The van der Waals surface area contributed by atoms with Crippen LogP contribution >= 0.6 is 0 Å². The third kappa shape index (κ3) is 7.25. The lowest BCUT2D eigenvalue weighted by atomic mass is 10.1. The highest BCUT2D eigenvalue weighted by Crippen LogP contribution is 2.29. The van der Waals surface area contributed by atoms with E-state index >= 15 is 0 Å². The van der Waals surface area contributed by atoms with Crippen LogP contribution in [-0.2, 0) is 34.1 Å². The number of piperazine rings is 1. The van der Waals surface area contributed by atoms with Gasteiger partial charge in [0.2, 0.25) is 27.1 Å². The highest BCUT2D eigenvalue weighted by Gasteiger charge is 2.30. The van der Waals surface area contributed by atoms with E-state index in [1.165, 1.54) is 53.7 Å². The summed E-state index contributed by atoms with van der Waals surface area (Å²) in [5.41, 5.74) is -0.246. The normalized spacial score (nSPS) is 15.2. The number of hydrogen-bond donors (Lipinski definition) is 1. The van der Waals surface area contributed by atoms with Crippen LogP contribution in [0.3, 0.4) is 0 Å². The molecule has 1 aliphatic heterocycles. The Morgan fingerprint density at radius 2 is 1.67 bits per heavy atom. The predicted molar refractivity (Wildman–Crippen MR) is 136 cm³/mol. The van der Waals surface area contributed by atoms with E-state index in [1.54, 1.807) is 0 Å². The van der Waals surface area contributed by atoms with Gasteiger partial charge >= 0.3 is 6.18 Å². The van der Waals surface area contributed by atoms with Crippen LogP contribution in [0.15, 0.2) is 75.0 Å². The summed E-state index contributed by atoms with van der Waals surface area (Å²) in [7, 11) is -3.71. The average molecular weight is 566 g/mol. The van der Waals surface area contributed by atoms with Crippen molar-refractivity contribution in [1.82, 2.24) is 9.21 Å². The molecule has 0 bridgehead atoms. The predicted octanol–water partition coefficient (Wildman–Crippen LogP) is 3.70. The zero-order valence-electron chi connectivity index (χ0n) is 20.9. The number of rotatable bonds is 8. The summed E-state index contributed by atoms with van der Waals surface area (Å²) in [4.78, 5) is 25.7. The number of anilines is 1. The number of alkyl halides is 3. The third-order valence-electron chi connectivity index (χ3n) is 6.05. The molecule has 1 saturated heterocycles. The first-order valence-electron chi connectivity index (χ1n) is 11.9. The van der Waals surface area contributed by atoms with Gasteiger partial charge in [-0.05, 0) is 42.0 Å². The van der Waals surface area contributed by atoms with Gasteiger partial charge in [0.15, 0.2) is 0 Å². The van der Waals surface area contributed by atoms with Crippen LogP contribution in [0, 0.1) is 0 Å². The Hall–Kier alpha value is -3.68. The van der Waals surface area contributed by atoms with Crippen molar-refractivity contribution in [2.45, 2.75) is 31.1 Å². The molecule has 9 nitrogen and oxygen atoms in total. The van der Waals surface area contributed by atoms with E-state index in [0.717, 1.165) is 18.4 Å². The minimum absolute atomic E-state index is 0.0703. The molecule has 4 rings (SSSR count). The van der Waals surface area contributed by atoms with Gasteiger partial charge in [-0.15, -0.1) is 0 Å². The zero-order chi connectivity index (χ0) is 28.2. The summed E-state index contributed by atoms with van der Waals surface area (Å²) in [6.45, 7) is 2.87. The number of carbonyl (C=O) groups is 1. The molecule has 13 heteroatoms. The molecule has 0 unspecified atom stereocenters. The molecule has 0 saturated carbocycles. The van der Waals surface area contributed by atoms with E-state index in [2.05, 4.69) is 5.32 Å². The fraction of sp³-hybridized carbons (Fsp3) is 0.308. The lowest BCUT2D eigenvalue weighted by molar-refractivity contribution is -0.137. The standard InChI is InChI=1S/C26H26F3N3O6S/c1-18(33)30-21-6-8-23(9-7-21)39(35,36)32-12-10-31(11-13-32)15-22-14-24(34)25(17-37-22)38-16-19-2-4-20(5-3-19)26(27,28)29/h2-9,14,17H,10-13,15-16H2,1H3,(H,30,33). The second kappa shape index (κ2) is 11.6. The van der Waals surface area contributed by atoms with Crippen LogP contribution in [-0.4, -0.2) is 49.7 Å². The van der Waals surface area contributed by atoms with Crippen LogP contribution < -0.4 is 15.5 Å². The van der Waals surface area contributed by atoms with Gasteiger partial charge in [-0.1, -0.05) is 12.1 Å². The number of nitrogens with zero attached hydrogens (tertiary/aromatic N) is 2. The van der Waals surface area contributed by atoms with Gasteiger partial charge in [0.05, 0.1) is 17.0 Å². The van der Waals surface area contributed by atoms with E-state index in [9.17, 15) is 31.2 Å². The second-order valence-electron chi connectivity index (χ2n) is 8.94. The lowest BCUT2D eigenvalue weighted by Crippen LogP contribution is -2.48. The fourth-order valence-corrected chi connectivity index (χ4v) is 5.41. The highest BCUT2D eigenvalue weighted by atomic mass is 32.2. The van der Waals surface area contributed by atoms with Gasteiger partial charge in [-0.25, -0.2) is 8.42 Å². The molecule has 1 fully saturated rings. The molecule has 0 aliphatic carbocycles. The van der Waals surface area contributed by atoms with Crippen LogP contribution in [0.4, 0.5) is 18.9 Å². The van der Waals surface area contributed by atoms with E-state index in [4.69, 9.17) is 9.15 Å². The maximum atomic E-state index is 13.0. The summed E-state index contributed by atoms with van der Waals surface area (Å²) in [6.07, 6.45) is -3.27. The molecule has 0 atom stereocenters. The van der Waals surface area contributed by atoms with Gasteiger partial charge < -0.3 is 14.5 Å². The van der Waals surface area contributed by atoms with E-state index in [0.29, 0.717) is 30.1 Å². The Morgan fingerprint density at radius 1 is 1.03 bits per heavy atom. The molecule has 0 spiro atoms. The molecule has 3 aromatic rings. The third-order valence-corrected chi connectivity index (χ3v) is 7.96. The molecule has 2 aromatic carbocycles. The van der Waals surface area contributed by atoms with Gasteiger partial charge in [0.1, 0.15) is 18.6 Å². The largest absolute Gasteiger partial charge is 0.482 e. The van der Waals surface area contributed by atoms with Gasteiger partial charge in [-0.3, -0.25) is 14.5 Å². The Balaban J connectivity index is 1.29. The molecule has 1 aromatic heterocycles. The quantitative estimate of drug-likeness (QED) is 0.444. The number of carbonyl (C=O) groups excluding carboxylic acids is 1. The first-order chi connectivity index (χ1) is 18.4. The van der Waals surface area contributed by atoms with Gasteiger partial charge in [-0.2, -0.15) is 17.5 Å². The van der Waals surface area contributed by atoms with Gasteiger partial charge in [0, 0.05) is 44.9 Å². The zero-order valence-corrected chi connectivity index (χ0v) is 21.7. The first-order valence-corrected chi connectivity index (χ1v) is 13.4. The van der Waals surface area contributed by atoms with Crippen molar-refractivity contribution in [1.29, 1.82) is 0 Å². The topological polar surface area (TPSA) is 109 Å².